The summed E-state index contributed by atoms with van der Waals surface area (Å²) in [7, 11) is 0. The fraction of sp³-hybridized carbons (Fsp3) is 0.421. The zero-order valence-corrected chi connectivity index (χ0v) is 18.0. The molecule has 11 heteroatoms. The molecule has 162 valence electrons. The molecule has 2 aliphatic carbocycles. The number of allylic oxidation sites excluding steroid dienone is 2. The fourth-order valence-electron chi connectivity index (χ4n) is 4.38. The van der Waals surface area contributed by atoms with Crippen molar-refractivity contribution in [2.75, 3.05) is 18.4 Å². The number of benzene rings is 1. The van der Waals surface area contributed by atoms with Crippen molar-refractivity contribution >= 4 is 47.4 Å². The Balaban J connectivity index is 0.00000256. The lowest BCUT2D eigenvalue weighted by atomic mass is 9.85. The molecule has 3 N–H and O–H groups in total. The van der Waals surface area contributed by atoms with E-state index in [1.165, 1.54) is 17.0 Å². The van der Waals surface area contributed by atoms with Crippen molar-refractivity contribution in [3.8, 4) is 5.75 Å². The van der Waals surface area contributed by atoms with E-state index in [1.54, 1.807) is 0 Å². The number of halogens is 4. The van der Waals surface area contributed by atoms with Crippen molar-refractivity contribution in [2.24, 2.45) is 34.4 Å². The summed E-state index contributed by atoms with van der Waals surface area (Å²) in [6, 6.07) is 5.01. The van der Waals surface area contributed by atoms with Gasteiger partial charge in [0.25, 0.3) is 0 Å². The highest BCUT2D eigenvalue weighted by Gasteiger charge is 2.58. The SMILES string of the molecule is I.NC(=NCCN1C(=O)C2C3C=CC(C3)C2C1=O)Nc1ccc(OC(F)(F)F)cc1. The van der Waals surface area contributed by atoms with Crippen LogP contribution in [0.3, 0.4) is 0 Å². The van der Waals surface area contributed by atoms with E-state index in [-0.39, 0.29) is 84.3 Å². The first-order valence-electron chi connectivity index (χ1n) is 9.19. The van der Waals surface area contributed by atoms with Gasteiger partial charge in [-0.1, -0.05) is 12.2 Å². The second kappa shape index (κ2) is 8.44. The van der Waals surface area contributed by atoms with Gasteiger partial charge in [0, 0.05) is 12.2 Å². The predicted octanol–water partition coefficient (Wildman–Crippen LogP) is 2.74. The number of nitrogens with zero attached hydrogens (tertiary/aromatic N) is 2. The quantitative estimate of drug-likeness (QED) is 0.199. The Morgan fingerprint density at radius 3 is 2.23 bits per heavy atom. The monoisotopic (exact) mass is 536 g/mol. The summed E-state index contributed by atoms with van der Waals surface area (Å²) in [5, 5.41) is 2.74. The zero-order valence-electron chi connectivity index (χ0n) is 15.6. The number of anilines is 1. The molecule has 1 saturated carbocycles. The Morgan fingerprint density at radius 1 is 1.13 bits per heavy atom. The van der Waals surface area contributed by atoms with Crippen LogP contribution in [0.5, 0.6) is 5.75 Å². The van der Waals surface area contributed by atoms with Crippen molar-refractivity contribution in [1.29, 1.82) is 0 Å². The largest absolute Gasteiger partial charge is 0.573 e. The molecule has 30 heavy (non-hydrogen) atoms. The lowest BCUT2D eigenvalue weighted by molar-refractivity contribution is -0.274. The number of aliphatic imine (C=N–C) groups is 1. The van der Waals surface area contributed by atoms with Gasteiger partial charge >= 0.3 is 6.36 Å². The van der Waals surface area contributed by atoms with Gasteiger partial charge in [-0.25, -0.2) is 0 Å². The molecule has 1 saturated heterocycles. The number of hydrogen-bond donors (Lipinski definition) is 2. The molecule has 0 spiro atoms. The highest BCUT2D eigenvalue weighted by molar-refractivity contribution is 14.0. The molecule has 1 aromatic carbocycles. The second-order valence-corrected chi connectivity index (χ2v) is 7.29. The maximum Gasteiger partial charge on any atom is 0.573 e. The average molecular weight is 536 g/mol. The molecule has 0 aromatic heterocycles. The third-order valence-electron chi connectivity index (χ3n) is 5.53. The number of ether oxygens (including phenoxy) is 1. The summed E-state index contributed by atoms with van der Waals surface area (Å²) in [4.78, 5) is 30.5. The van der Waals surface area contributed by atoms with E-state index in [4.69, 9.17) is 5.73 Å². The van der Waals surface area contributed by atoms with Crippen LogP contribution in [0.4, 0.5) is 18.9 Å². The van der Waals surface area contributed by atoms with Crippen molar-refractivity contribution in [1.82, 2.24) is 4.90 Å². The zero-order chi connectivity index (χ0) is 20.8. The molecule has 4 rings (SSSR count). The lowest BCUT2D eigenvalue weighted by Crippen LogP contribution is -2.35. The summed E-state index contributed by atoms with van der Waals surface area (Å²) < 4.78 is 40.3. The second-order valence-electron chi connectivity index (χ2n) is 7.29. The molecule has 1 aliphatic heterocycles. The molecular formula is C19H20F3IN4O3. The summed E-state index contributed by atoms with van der Waals surface area (Å²) in [6.07, 6.45) is 0.188. The molecule has 7 nitrogen and oxygen atoms in total. The Bertz CT molecular complexity index is 858. The summed E-state index contributed by atoms with van der Waals surface area (Å²) in [6.45, 7) is 0.276. The molecule has 4 atom stereocenters. The van der Waals surface area contributed by atoms with E-state index < -0.39 is 6.36 Å². The van der Waals surface area contributed by atoms with Crippen molar-refractivity contribution < 1.29 is 27.5 Å². The molecule has 2 amide bonds. The molecule has 2 fully saturated rings. The summed E-state index contributed by atoms with van der Waals surface area (Å²) in [5.74, 6) is -0.771. The maximum atomic E-state index is 12.6. The first-order valence-corrected chi connectivity index (χ1v) is 9.19. The van der Waals surface area contributed by atoms with Gasteiger partial charge in [-0.2, -0.15) is 0 Å². The Morgan fingerprint density at radius 2 is 1.70 bits per heavy atom. The third-order valence-corrected chi connectivity index (χ3v) is 5.53. The summed E-state index contributed by atoms with van der Waals surface area (Å²) in [5.41, 5.74) is 6.20. The average Bonchev–Trinajstić information content (AvgIpc) is 3.31. The number of carbonyl (C=O) groups is 2. The van der Waals surface area contributed by atoms with Crippen molar-refractivity contribution in [3.05, 3.63) is 36.4 Å². The number of amides is 2. The first-order chi connectivity index (χ1) is 13.7. The molecule has 0 radical (unpaired) electrons. The number of guanidine groups is 1. The molecule has 1 aromatic rings. The number of alkyl halides is 3. The van der Waals surface area contributed by atoms with E-state index in [0.29, 0.717) is 5.69 Å². The van der Waals surface area contributed by atoms with Crippen LogP contribution in [0.25, 0.3) is 0 Å². The number of fused-ring (bicyclic) bond motifs is 5. The minimum absolute atomic E-state index is 0. The fourth-order valence-corrected chi connectivity index (χ4v) is 4.38. The highest BCUT2D eigenvalue weighted by Crippen LogP contribution is 2.52. The van der Waals surface area contributed by atoms with Crippen LogP contribution in [0.2, 0.25) is 0 Å². The molecule has 2 bridgehead atoms. The number of hydrogen-bond acceptors (Lipinski definition) is 4. The van der Waals surface area contributed by atoms with Gasteiger partial charge < -0.3 is 15.8 Å². The molecule has 1 heterocycles. The first kappa shape index (κ1) is 22.4. The van der Waals surface area contributed by atoms with E-state index in [1.807, 2.05) is 12.2 Å². The number of carbonyl (C=O) groups excluding carboxylic acids is 2. The van der Waals surface area contributed by atoms with Gasteiger partial charge in [0.05, 0.1) is 18.4 Å². The Kier molecular flexibility index (Phi) is 6.29. The van der Waals surface area contributed by atoms with E-state index in [9.17, 15) is 22.8 Å². The van der Waals surface area contributed by atoms with E-state index in [2.05, 4.69) is 15.0 Å². The van der Waals surface area contributed by atoms with Crippen LogP contribution in [-0.4, -0.2) is 42.1 Å². The van der Waals surface area contributed by atoms with Crippen molar-refractivity contribution in [2.45, 2.75) is 12.8 Å². The van der Waals surface area contributed by atoms with Crippen LogP contribution in [0.15, 0.2) is 41.4 Å². The normalized spacial score (nSPS) is 27.3. The van der Waals surface area contributed by atoms with Crippen LogP contribution < -0.4 is 15.8 Å². The van der Waals surface area contributed by atoms with Gasteiger partial charge in [-0.15, -0.1) is 37.1 Å². The number of nitrogens with one attached hydrogen (secondary N) is 1. The van der Waals surface area contributed by atoms with E-state index in [0.717, 1.165) is 18.6 Å². The molecule has 4 unspecified atom stereocenters. The van der Waals surface area contributed by atoms with Crippen LogP contribution >= 0.6 is 24.0 Å². The molecule has 3 aliphatic rings. The van der Waals surface area contributed by atoms with Gasteiger partial charge in [0.15, 0.2) is 5.96 Å². The van der Waals surface area contributed by atoms with Crippen LogP contribution in [0.1, 0.15) is 6.42 Å². The van der Waals surface area contributed by atoms with Crippen LogP contribution in [-0.2, 0) is 9.59 Å². The van der Waals surface area contributed by atoms with E-state index >= 15 is 0 Å². The Hall–Kier alpha value is -2.31. The number of rotatable bonds is 5. The number of nitrogens with two attached hydrogens (primary N) is 1. The van der Waals surface area contributed by atoms with Crippen LogP contribution in [0, 0.1) is 23.7 Å². The van der Waals surface area contributed by atoms with Crippen molar-refractivity contribution in [3.63, 3.8) is 0 Å². The maximum absolute atomic E-state index is 12.6. The minimum atomic E-state index is -4.76. The topological polar surface area (TPSA) is 97.0 Å². The summed E-state index contributed by atoms with van der Waals surface area (Å²) >= 11 is 0. The molecular weight excluding hydrogens is 516 g/mol. The van der Waals surface area contributed by atoms with Gasteiger partial charge in [0.1, 0.15) is 5.75 Å². The van der Waals surface area contributed by atoms with Gasteiger partial charge in [0.2, 0.25) is 11.8 Å². The standard InChI is InChI=1S/C19H19F3N4O3.HI/c20-19(21,22)29-13-5-3-12(4-6-13)25-18(23)24-7-8-26-16(27)14-10-1-2-11(9-10)15(14)17(26)28;/h1-6,10-11,14-15H,7-9H2,(H3,23,24,25);1H. The van der Waals surface area contributed by atoms with Gasteiger partial charge in [-0.05, 0) is 42.5 Å². The smallest absolute Gasteiger partial charge is 0.406 e. The Labute approximate surface area is 187 Å². The number of imide groups is 1. The minimum Gasteiger partial charge on any atom is -0.406 e. The predicted molar refractivity (Wildman–Crippen MR) is 113 cm³/mol. The highest BCUT2D eigenvalue weighted by atomic mass is 127. The lowest BCUT2D eigenvalue weighted by Gasteiger charge is -2.16. The third kappa shape index (κ3) is 4.40. The van der Waals surface area contributed by atoms with Gasteiger partial charge in [-0.3, -0.25) is 19.5 Å². The number of likely N-dealkylation sites (tertiary alicyclic amines) is 1.